The van der Waals surface area contributed by atoms with Crippen LogP contribution >= 0.6 is 0 Å². The molecule has 0 saturated carbocycles. The minimum absolute atomic E-state index is 0.00791. The van der Waals surface area contributed by atoms with Gasteiger partial charge in [0.1, 0.15) is 0 Å². The smallest absolute Gasteiger partial charge is 0.303 e. The highest BCUT2D eigenvalue weighted by atomic mass is 16.4. The van der Waals surface area contributed by atoms with Gasteiger partial charge in [-0.25, -0.2) is 0 Å². The van der Waals surface area contributed by atoms with Crippen LogP contribution in [0.1, 0.15) is 33.1 Å². The molecule has 0 aromatic carbocycles. The number of hydrogen-bond acceptors (Lipinski definition) is 3. The maximum atomic E-state index is 12.4. The van der Waals surface area contributed by atoms with E-state index in [4.69, 9.17) is 5.11 Å². The summed E-state index contributed by atoms with van der Waals surface area (Å²) < 4.78 is 0. The van der Waals surface area contributed by atoms with Crippen LogP contribution in [-0.2, 0) is 9.59 Å². The minimum atomic E-state index is -0.865. The van der Waals surface area contributed by atoms with E-state index in [1.165, 1.54) is 0 Å². The standard InChI is InChI=1S/C14H24N2O3/c1-5-9-16-11(6-7-12(17)18)13(19)15(4)10-8-14(16,2)3/h5,11H,1,6-10H2,2-4H3,(H,17,18). The third-order valence-corrected chi connectivity index (χ3v) is 3.83. The average molecular weight is 268 g/mol. The lowest BCUT2D eigenvalue weighted by Crippen LogP contribution is -2.52. The van der Waals surface area contributed by atoms with Crippen molar-refractivity contribution in [3.8, 4) is 0 Å². The lowest BCUT2D eigenvalue weighted by atomic mass is 9.95. The number of carboxylic acids is 1. The summed E-state index contributed by atoms with van der Waals surface area (Å²) in [6, 6.07) is -0.378. The average Bonchev–Trinajstić information content (AvgIpc) is 2.40. The van der Waals surface area contributed by atoms with E-state index in [1.54, 1.807) is 18.0 Å². The van der Waals surface area contributed by atoms with Crippen LogP contribution in [0.4, 0.5) is 0 Å². The van der Waals surface area contributed by atoms with Crippen molar-refractivity contribution in [3.05, 3.63) is 12.7 Å². The normalized spacial score (nSPS) is 24.1. The molecular weight excluding hydrogens is 244 g/mol. The molecule has 0 bridgehead atoms. The topological polar surface area (TPSA) is 60.9 Å². The molecular formula is C14H24N2O3. The highest BCUT2D eigenvalue weighted by molar-refractivity contribution is 5.82. The molecule has 1 aliphatic heterocycles. The molecule has 0 spiro atoms. The van der Waals surface area contributed by atoms with Crippen molar-refractivity contribution in [2.45, 2.75) is 44.7 Å². The van der Waals surface area contributed by atoms with Gasteiger partial charge in [-0.3, -0.25) is 14.5 Å². The Labute approximate surface area is 114 Å². The number of nitrogens with zero attached hydrogens (tertiary/aromatic N) is 2. The van der Waals surface area contributed by atoms with Crippen LogP contribution in [0.2, 0.25) is 0 Å². The molecule has 19 heavy (non-hydrogen) atoms. The molecule has 0 aliphatic carbocycles. The number of rotatable bonds is 5. The first-order valence-corrected chi connectivity index (χ1v) is 6.64. The summed E-state index contributed by atoms with van der Waals surface area (Å²) in [6.07, 6.45) is 2.99. The van der Waals surface area contributed by atoms with E-state index < -0.39 is 5.97 Å². The second-order valence-electron chi connectivity index (χ2n) is 5.71. The Morgan fingerprint density at radius 1 is 1.58 bits per heavy atom. The van der Waals surface area contributed by atoms with Crippen molar-refractivity contribution in [3.63, 3.8) is 0 Å². The molecule has 1 aliphatic rings. The van der Waals surface area contributed by atoms with E-state index in [0.29, 0.717) is 19.5 Å². The zero-order valence-corrected chi connectivity index (χ0v) is 12.1. The molecule has 1 fully saturated rings. The number of hydrogen-bond donors (Lipinski definition) is 1. The van der Waals surface area contributed by atoms with Gasteiger partial charge >= 0.3 is 5.97 Å². The van der Waals surface area contributed by atoms with Gasteiger partial charge in [0.25, 0.3) is 0 Å². The summed E-state index contributed by atoms with van der Waals surface area (Å²) in [6.45, 7) is 9.22. The van der Waals surface area contributed by atoms with Gasteiger partial charge in [0.15, 0.2) is 0 Å². The van der Waals surface area contributed by atoms with Crippen LogP contribution in [0.3, 0.4) is 0 Å². The molecule has 0 radical (unpaired) electrons. The van der Waals surface area contributed by atoms with Gasteiger partial charge in [-0.2, -0.15) is 0 Å². The van der Waals surface area contributed by atoms with Crippen LogP contribution in [0, 0.1) is 0 Å². The third-order valence-electron chi connectivity index (χ3n) is 3.83. The Kier molecular flexibility index (Phi) is 5.11. The maximum absolute atomic E-state index is 12.4. The van der Waals surface area contributed by atoms with E-state index in [-0.39, 0.29) is 23.9 Å². The van der Waals surface area contributed by atoms with Crippen molar-refractivity contribution in [1.82, 2.24) is 9.80 Å². The molecule has 1 unspecified atom stereocenters. The Balaban J connectivity index is 3.01. The van der Waals surface area contributed by atoms with Crippen molar-refractivity contribution < 1.29 is 14.7 Å². The van der Waals surface area contributed by atoms with Crippen LogP contribution in [0.5, 0.6) is 0 Å². The summed E-state index contributed by atoms with van der Waals surface area (Å²) >= 11 is 0. The molecule has 1 rings (SSSR count). The van der Waals surface area contributed by atoms with Gasteiger partial charge in [-0.1, -0.05) is 6.08 Å². The van der Waals surface area contributed by atoms with Crippen LogP contribution < -0.4 is 0 Å². The first-order chi connectivity index (χ1) is 8.79. The molecule has 0 aromatic rings. The van der Waals surface area contributed by atoms with E-state index >= 15 is 0 Å². The fourth-order valence-electron chi connectivity index (χ4n) is 2.56. The van der Waals surface area contributed by atoms with Crippen molar-refractivity contribution in [2.24, 2.45) is 0 Å². The second-order valence-corrected chi connectivity index (χ2v) is 5.71. The number of carbonyl (C=O) groups is 2. The summed E-state index contributed by atoms with van der Waals surface area (Å²) in [4.78, 5) is 27.0. The number of carbonyl (C=O) groups excluding carboxylic acids is 1. The molecule has 1 heterocycles. The molecule has 0 aromatic heterocycles. The van der Waals surface area contributed by atoms with Gasteiger partial charge in [0, 0.05) is 32.1 Å². The lowest BCUT2D eigenvalue weighted by Gasteiger charge is -2.40. The molecule has 108 valence electrons. The monoisotopic (exact) mass is 268 g/mol. The molecule has 5 heteroatoms. The van der Waals surface area contributed by atoms with Crippen LogP contribution in [-0.4, -0.2) is 58.5 Å². The highest BCUT2D eigenvalue weighted by Crippen LogP contribution is 2.28. The zero-order valence-electron chi connectivity index (χ0n) is 12.1. The van der Waals surface area contributed by atoms with Crippen LogP contribution in [0.25, 0.3) is 0 Å². The summed E-state index contributed by atoms with van der Waals surface area (Å²) in [5, 5.41) is 8.85. The number of aliphatic carboxylic acids is 1. The van der Waals surface area contributed by atoms with E-state index in [0.717, 1.165) is 6.42 Å². The van der Waals surface area contributed by atoms with E-state index in [1.807, 2.05) is 0 Å². The largest absolute Gasteiger partial charge is 0.481 e. The number of likely N-dealkylation sites (N-methyl/N-ethyl adjacent to an activating group) is 1. The first-order valence-electron chi connectivity index (χ1n) is 6.64. The van der Waals surface area contributed by atoms with Crippen molar-refractivity contribution in [1.29, 1.82) is 0 Å². The summed E-state index contributed by atoms with van der Waals surface area (Å²) in [5.74, 6) is -0.857. The molecule has 5 nitrogen and oxygen atoms in total. The van der Waals surface area contributed by atoms with Crippen molar-refractivity contribution >= 4 is 11.9 Å². The highest BCUT2D eigenvalue weighted by Gasteiger charge is 2.39. The third kappa shape index (κ3) is 3.80. The Morgan fingerprint density at radius 3 is 2.74 bits per heavy atom. The quantitative estimate of drug-likeness (QED) is 0.765. The predicted octanol–water partition coefficient (Wildman–Crippen LogP) is 1.35. The van der Waals surface area contributed by atoms with E-state index in [2.05, 4.69) is 25.3 Å². The Hall–Kier alpha value is -1.36. The number of amides is 1. The molecule has 1 saturated heterocycles. The number of carboxylic acid groups (broad SMARTS) is 1. The van der Waals surface area contributed by atoms with Gasteiger partial charge < -0.3 is 10.0 Å². The van der Waals surface area contributed by atoms with E-state index in [9.17, 15) is 9.59 Å². The second kappa shape index (κ2) is 6.19. The lowest BCUT2D eigenvalue weighted by molar-refractivity contribution is -0.139. The fraction of sp³-hybridized carbons (Fsp3) is 0.714. The molecule has 1 amide bonds. The van der Waals surface area contributed by atoms with Gasteiger partial charge in [0.05, 0.1) is 6.04 Å². The first kappa shape index (κ1) is 15.7. The predicted molar refractivity (Wildman–Crippen MR) is 73.9 cm³/mol. The van der Waals surface area contributed by atoms with Crippen LogP contribution in [0.15, 0.2) is 12.7 Å². The van der Waals surface area contributed by atoms with Crippen molar-refractivity contribution in [2.75, 3.05) is 20.1 Å². The summed E-state index contributed by atoms with van der Waals surface area (Å²) in [5.41, 5.74) is -0.141. The minimum Gasteiger partial charge on any atom is -0.481 e. The molecule has 1 N–H and O–H groups in total. The Bertz CT molecular complexity index is 366. The Morgan fingerprint density at radius 2 is 2.21 bits per heavy atom. The van der Waals surface area contributed by atoms with Gasteiger partial charge in [-0.15, -0.1) is 6.58 Å². The fourth-order valence-corrected chi connectivity index (χ4v) is 2.56. The summed E-state index contributed by atoms with van der Waals surface area (Å²) in [7, 11) is 1.78. The van der Waals surface area contributed by atoms with Gasteiger partial charge in [0.2, 0.25) is 5.91 Å². The molecule has 1 atom stereocenters. The zero-order chi connectivity index (χ0) is 14.6. The van der Waals surface area contributed by atoms with Gasteiger partial charge in [-0.05, 0) is 26.7 Å². The SMILES string of the molecule is C=CCN1C(CCC(=O)O)C(=O)N(C)CCC1(C)C. The maximum Gasteiger partial charge on any atom is 0.303 e.